The molecule has 2 atom stereocenters. The van der Waals surface area contributed by atoms with Crippen LogP contribution in [0.5, 0.6) is 0 Å². The van der Waals surface area contributed by atoms with E-state index in [2.05, 4.69) is 0 Å². The standard InChI is InChI=1S/C8H15F2NO/c1-6-4-7(12)2-3-11(6)5-8(9)10/h6-8,12H,2-5H2,1H3. The average Bonchev–Trinajstić information content (AvgIpc) is 1.94. The van der Waals surface area contributed by atoms with Crippen LogP contribution < -0.4 is 0 Å². The van der Waals surface area contributed by atoms with Gasteiger partial charge < -0.3 is 5.11 Å². The molecule has 0 spiro atoms. The predicted octanol–water partition coefficient (Wildman–Crippen LogP) is 1.10. The molecule has 0 aromatic rings. The first-order chi connectivity index (χ1) is 5.59. The largest absolute Gasteiger partial charge is 0.393 e. The van der Waals surface area contributed by atoms with Crippen LogP contribution in [0.15, 0.2) is 0 Å². The Morgan fingerprint density at radius 3 is 2.75 bits per heavy atom. The minimum Gasteiger partial charge on any atom is -0.393 e. The second-order valence-corrected chi connectivity index (χ2v) is 3.41. The minimum atomic E-state index is -2.26. The highest BCUT2D eigenvalue weighted by molar-refractivity contribution is 4.78. The summed E-state index contributed by atoms with van der Waals surface area (Å²) >= 11 is 0. The van der Waals surface area contributed by atoms with Gasteiger partial charge in [-0.2, -0.15) is 0 Å². The van der Waals surface area contributed by atoms with E-state index in [0.29, 0.717) is 19.4 Å². The maximum absolute atomic E-state index is 12.0. The minimum absolute atomic E-state index is 0.0859. The van der Waals surface area contributed by atoms with Crippen molar-refractivity contribution < 1.29 is 13.9 Å². The zero-order valence-corrected chi connectivity index (χ0v) is 7.21. The molecular weight excluding hydrogens is 164 g/mol. The summed E-state index contributed by atoms with van der Waals surface area (Å²) in [5.41, 5.74) is 0. The molecular formula is C8H15F2NO. The highest BCUT2D eigenvalue weighted by atomic mass is 19.3. The van der Waals surface area contributed by atoms with Gasteiger partial charge in [-0.1, -0.05) is 0 Å². The molecule has 1 rings (SSSR count). The van der Waals surface area contributed by atoms with E-state index in [9.17, 15) is 13.9 Å². The molecule has 0 aromatic heterocycles. The van der Waals surface area contributed by atoms with Crippen molar-refractivity contribution in [1.29, 1.82) is 0 Å². The van der Waals surface area contributed by atoms with E-state index in [1.54, 1.807) is 4.90 Å². The Kier molecular flexibility index (Phi) is 3.40. The van der Waals surface area contributed by atoms with Gasteiger partial charge in [0, 0.05) is 12.6 Å². The van der Waals surface area contributed by atoms with Crippen LogP contribution in [0.2, 0.25) is 0 Å². The third-order valence-electron chi connectivity index (χ3n) is 2.36. The highest BCUT2D eigenvalue weighted by Gasteiger charge is 2.25. The highest BCUT2D eigenvalue weighted by Crippen LogP contribution is 2.17. The zero-order valence-electron chi connectivity index (χ0n) is 7.21. The number of likely N-dealkylation sites (tertiary alicyclic amines) is 1. The van der Waals surface area contributed by atoms with E-state index >= 15 is 0 Å². The Bertz CT molecular complexity index is 143. The zero-order chi connectivity index (χ0) is 9.14. The molecule has 1 heterocycles. The second-order valence-electron chi connectivity index (χ2n) is 3.41. The van der Waals surface area contributed by atoms with Gasteiger partial charge in [0.2, 0.25) is 0 Å². The van der Waals surface area contributed by atoms with E-state index < -0.39 is 6.43 Å². The molecule has 2 nitrogen and oxygen atoms in total. The van der Waals surface area contributed by atoms with E-state index in [1.807, 2.05) is 6.92 Å². The summed E-state index contributed by atoms with van der Waals surface area (Å²) < 4.78 is 24.0. The third kappa shape index (κ3) is 2.68. The maximum Gasteiger partial charge on any atom is 0.251 e. The lowest BCUT2D eigenvalue weighted by atomic mass is 10.0. The normalized spacial score (nSPS) is 32.8. The summed E-state index contributed by atoms with van der Waals surface area (Å²) in [6, 6.07) is 0.0859. The molecule has 1 aliphatic heterocycles. The molecule has 1 N–H and O–H groups in total. The van der Waals surface area contributed by atoms with Gasteiger partial charge in [0.15, 0.2) is 0 Å². The Morgan fingerprint density at radius 2 is 2.25 bits per heavy atom. The molecule has 0 aromatic carbocycles. The average molecular weight is 179 g/mol. The van der Waals surface area contributed by atoms with E-state index in [-0.39, 0.29) is 18.7 Å². The monoisotopic (exact) mass is 179 g/mol. The van der Waals surface area contributed by atoms with Crippen LogP contribution >= 0.6 is 0 Å². The summed E-state index contributed by atoms with van der Waals surface area (Å²) in [4.78, 5) is 1.73. The fourth-order valence-corrected chi connectivity index (χ4v) is 1.64. The molecule has 2 unspecified atom stereocenters. The lowest BCUT2D eigenvalue weighted by Crippen LogP contribution is -2.44. The summed E-state index contributed by atoms with van der Waals surface area (Å²) in [7, 11) is 0. The van der Waals surface area contributed by atoms with Crippen molar-refractivity contribution in [3.05, 3.63) is 0 Å². The van der Waals surface area contributed by atoms with Gasteiger partial charge in [-0.3, -0.25) is 4.90 Å². The fraction of sp³-hybridized carbons (Fsp3) is 1.00. The molecule has 72 valence electrons. The molecule has 12 heavy (non-hydrogen) atoms. The number of halogens is 2. The lowest BCUT2D eigenvalue weighted by Gasteiger charge is -2.35. The number of rotatable bonds is 2. The van der Waals surface area contributed by atoms with Crippen molar-refractivity contribution in [2.45, 2.75) is 38.3 Å². The molecule has 0 radical (unpaired) electrons. The first-order valence-electron chi connectivity index (χ1n) is 4.30. The first kappa shape index (κ1) is 9.86. The molecule has 0 bridgehead atoms. The Labute approximate surface area is 71.2 Å². The number of aliphatic hydroxyl groups excluding tert-OH is 1. The van der Waals surface area contributed by atoms with Crippen LogP contribution in [-0.4, -0.2) is 41.7 Å². The van der Waals surface area contributed by atoms with Crippen molar-refractivity contribution in [3.63, 3.8) is 0 Å². The van der Waals surface area contributed by atoms with Crippen LogP contribution in [0.25, 0.3) is 0 Å². The Hall–Kier alpha value is -0.220. The summed E-state index contributed by atoms with van der Waals surface area (Å²) in [6.45, 7) is 2.31. The maximum atomic E-state index is 12.0. The van der Waals surface area contributed by atoms with Crippen molar-refractivity contribution in [1.82, 2.24) is 4.90 Å². The van der Waals surface area contributed by atoms with Crippen LogP contribution in [0, 0.1) is 0 Å². The van der Waals surface area contributed by atoms with E-state index in [4.69, 9.17) is 0 Å². The van der Waals surface area contributed by atoms with Gasteiger partial charge in [0.1, 0.15) is 0 Å². The van der Waals surface area contributed by atoms with E-state index in [1.165, 1.54) is 0 Å². The molecule has 0 amide bonds. The summed E-state index contributed by atoms with van der Waals surface area (Å²) in [5, 5.41) is 9.22. The van der Waals surface area contributed by atoms with Crippen LogP contribution in [0.1, 0.15) is 19.8 Å². The van der Waals surface area contributed by atoms with Gasteiger partial charge in [0.25, 0.3) is 6.43 Å². The number of alkyl halides is 2. The molecule has 1 aliphatic rings. The van der Waals surface area contributed by atoms with Gasteiger partial charge in [-0.15, -0.1) is 0 Å². The number of hydrogen-bond donors (Lipinski definition) is 1. The number of nitrogens with zero attached hydrogens (tertiary/aromatic N) is 1. The van der Waals surface area contributed by atoms with Gasteiger partial charge >= 0.3 is 0 Å². The lowest BCUT2D eigenvalue weighted by molar-refractivity contribution is 0.0108. The number of aliphatic hydroxyl groups is 1. The fourth-order valence-electron chi connectivity index (χ4n) is 1.64. The van der Waals surface area contributed by atoms with Crippen LogP contribution in [0.3, 0.4) is 0 Å². The molecule has 0 aliphatic carbocycles. The molecule has 1 fully saturated rings. The summed E-state index contributed by atoms with van der Waals surface area (Å²) in [5.74, 6) is 0. The first-order valence-corrected chi connectivity index (χ1v) is 4.30. The van der Waals surface area contributed by atoms with Gasteiger partial charge in [-0.25, -0.2) is 8.78 Å². The second kappa shape index (κ2) is 4.14. The number of hydrogen-bond acceptors (Lipinski definition) is 2. The van der Waals surface area contributed by atoms with Gasteiger partial charge in [-0.05, 0) is 19.8 Å². The quantitative estimate of drug-likeness (QED) is 0.686. The van der Waals surface area contributed by atoms with Crippen LogP contribution in [0.4, 0.5) is 8.78 Å². The van der Waals surface area contributed by atoms with E-state index in [0.717, 1.165) is 0 Å². The van der Waals surface area contributed by atoms with Crippen molar-refractivity contribution in [2.75, 3.05) is 13.1 Å². The number of piperidine rings is 1. The SMILES string of the molecule is CC1CC(O)CCN1CC(F)F. The van der Waals surface area contributed by atoms with Crippen molar-refractivity contribution in [2.24, 2.45) is 0 Å². The molecule has 4 heteroatoms. The topological polar surface area (TPSA) is 23.5 Å². The predicted molar refractivity (Wildman–Crippen MR) is 42.3 cm³/mol. The van der Waals surface area contributed by atoms with Crippen molar-refractivity contribution in [3.8, 4) is 0 Å². The smallest absolute Gasteiger partial charge is 0.251 e. The van der Waals surface area contributed by atoms with Crippen molar-refractivity contribution >= 4 is 0 Å². The van der Waals surface area contributed by atoms with Gasteiger partial charge in [0.05, 0.1) is 12.6 Å². The Morgan fingerprint density at radius 1 is 1.58 bits per heavy atom. The summed E-state index contributed by atoms with van der Waals surface area (Å²) in [6.07, 6.45) is -1.32. The molecule has 1 saturated heterocycles. The molecule has 0 saturated carbocycles. The Balaban J connectivity index is 2.34. The third-order valence-corrected chi connectivity index (χ3v) is 2.36. The van der Waals surface area contributed by atoms with Crippen LogP contribution in [-0.2, 0) is 0 Å².